The minimum atomic E-state index is -0.461. The Balaban J connectivity index is 2.20. The fourth-order valence-electron chi connectivity index (χ4n) is 2.93. The zero-order valence-corrected chi connectivity index (χ0v) is 15.4. The summed E-state index contributed by atoms with van der Waals surface area (Å²) in [5.41, 5.74) is 0.684. The van der Waals surface area contributed by atoms with Crippen LogP contribution >= 0.6 is 0 Å². The number of likely N-dealkylation sites (N-methyl/N-ethyl adjacent to an activating group) is 2. The summed E-state index contributed by atoms with van der Waals surface area (Å²) in [5.74, 6) is -0.249. The molecule has 1 aromatic rings. The van der Waals surface area contributed by atoms with Crippen LogP contribution in [0.3, 0.4) is 0 Å². The molecule has 1 aliphatic rings. The molecule has 0 bridgehead atoms. The van der Waals surface area contributed by atoms with Gasteiger partial charge in [-0.3, -0.25) is 19.7 Å². The third-order valence-electron chi connectivity index (χ3n) is 4.53. The quantitative estimate of drug-likeness (QED) is 0.585. The van der Waals surface area contributed by atoms with Crippen LogP contribution in [0.15, 0.2) is 18.2 Å². The maximum atomic E-state index is 12.4. The Morgan fingerprint density at radius 2 is 1.92 bits per heavy atom. The number of carbonyl (C=O) groups excluding carboxylic acids is 2. The van der Waals surface area contributed by atoms with Crippen LogP contribution in [0.5, 0.6) is 0 Å². The van der Waals surface area contributed by atoms with Gasteiger partial charge in [0.1, 0.15) is 5.69 Å². The number of nitrogens with zero attached hydrogens (tertiary/aromatic N) is 4. The molecule has 0 aromatic heterocycles. The van der Waals surface area contributed by atoms with E-state index in [2.05, 4.69) is 5.32 Å². The number of piperazine rings is 1. The minimum absolute atomic E-state index is 0.00435. The molecule has 1 aliphatic heterocycles. The second kappa shape index (κ2) is 8.61. The van der Waals surface area contributed by atoms with Gasteiger partial charge in [-0.05, 0) is 19.2 Å². The molecule has 2 amide bonds. The van der Waals surface area contributed by atoms with Gasteiger partial charge in [-0.15, -0.1) is 0 Å². The molecule has 2 rings (SSSR count). The Bertz CT molecular complexity index is 686. The predicted octanol–water partition coefficient (Wildman–Crippen LogP) is 0.555. The van der Waals surface area contributed by atoms with Crippen molar-refractivity contribution in [2.75, 3.05) is 58.3 Å². The smallest absolute Gasteiger partial charge is 0.293 e. The lowest BCUT2D eigenvalue weighted by molar-refractivity contribution is -0.384. The molecule has 1 saturated heterocycles. The lowest BCUT2D eigenvalue weighted by Gasteiger charge is -2.35. The van der Waals surface area contributed by atoms with Crippen LogP contribution in [0.2, 0.25) is 0 Å². The van der Waals surface area contributed by atoms with E-state index in [-0.39, 0.29) is 17.5 Å². The molecule has 0 unspecified atom stereocenters. The topological polar surface area (TPSA) is 99.0 Å². The maximum absolute atomic E-state index is 12.4. The molecule has 1 aromatic carbocycles. The summed E-state index contributed by atoms with van der Waals surface area (Å²) in [5, 5.41) is 14.5. The molecule has 1 fully saturated rings. The highest BCUT2D eigenvalue weighted by molar-refractivity contribution is 5.95. The SMILES string of the molecule is CNCCN(C)C(=O)c1ccc(N2CCN(C(C)=O)CC2)c([N+](=O)[O-])c1. The van der Waals surface area contributed by atoms with E-state index in [1.54, 1.807) is 31.1 Å². The Morgan fingerprint density at radius 1 is 1.27 bits per heavy atom. The summed E-state index contributed by atoms with van der Waals surface area (Å²) in [7, 11) is 3.46. The summed E-state index contributed by atoms with van der Waals surface area (Å²) in [6, 6.07) is 4.59. The van der Waals surface area contributed by atoms with Crippen molar-refractivity contribution in [2.45, 2.75) is 6.92 Å². The molecule has 0 saturated carbocycles. The molecular formula is C17H25N5O4. The van der Waals surface area contributed by atoms with Crippen molar-refractivity contribution in [3.63, 3.8) is 0 Å². The van der Waals surface area contributed by atoms with E-state index in [1.807, 2.05) is 4.90 Å². The first-order chi connectivity index (χ1) is 12.3. The number of anilines is 1. The fourth-order valence-corrected chi connectivity index (χ4v) is 2.93. The van der Waals surface area contributed by atoms with E-state index in [9.17, 15) is 19.7 Å². The summed E-state index contributed by atoms with van der Waals surface area (Å²) in [6.45, 7) is 4.77. The monoisotopic (exact) mass is 363 g/mol. The number of carbonyl (C=O) groups is 2. The van der Waals surface area contributed by atoms with Crippen LogP contribution < -0.4 is 10.2 Å². The predicted molar refractivity (Wildman–Crippen MR) is 98.5 cm³/mol. The van der Waals surface area contributed by atoms with Crippen molar-refractivity contribution in [3.8, 4) is 0 Å². The van der Waals surface area contributed by atoms with E-state index in [4.69, 9.17) is 0 Å². The van der Waals surface area contributed by atoms with Crippen molar-refractivity contribution in [2.24, 2.45) is 0 Å². The molecule has 26 heavy (non-hydrogen) atoms. The molecule has 9 heteroatoms. The van der Waals surface area contributed by atoms with Crippen molar-refractivity contribution < 1.29 is 14.5 Å². The first kappa shape index (κ1) is 19.6. The van der Waals surface area contributed by atoms with Crippen molar-refractivity contribution in [1.29, 1.82) is 0 Å². The number of amides is 2. The van der Waals surface area contributed by atoms with Gasteiger partial charge in [-0.1, -0.05) is 0 Å². The van der Waals surface area contributed by atoms with E-state index < -0.39 is 4.92 Å². The Labute approximate surface area is 152 Å². The van der Waals surface area contributed by atoms with E-state index in [0.717, 1.165) is 0 Å². The van der Waals surface area contributed by atoms with Crippen molar-refractivity contribution in [3.05, 3.63) is 33.9 Å². The summed E-state index contributed by atoms with van der Waals surface area (Å²) in [4.78, 5) is 40.1. The van der Waals surface area contributed by atoms with Crippen LogP contribution in [-0.2, 0) is 4.79 Å². The van der Waals surface area contributed by atoms with E-state index in [1.165, 1.54) is 17.9 Å². The van der Waals surface area contributed by atoms with Crippen LogP contribution in [0.4, 0.5) is 11.4 Å². The average Bonchev–Trinajstić information content (AvgIpc) is 2.65. The highest BCUT2D eigenvalue weighted by Crippen LogP contribution is 2.30. The largest absolute Gasteiger partial charge is 0.362 e. The van der Waals surface area contributed by atoms with Crippen LogP contribution in [0.1, 0.15) is 17.3 Å². The normalized spacial score (nSPS) is 14.3. The first-order valence-corrected chi connectivity index (χ1v) is 8.54. The number of hydrogen-bond donors (Lipinski definition) is 1. The Hall–Kier alpha value is -2.68. The van der Waals surface area contributed by atoms with Crippen LogP contribution in [0, 0.1) is 10.1 Å². The number of benzene rings is 1. The number of nitro groups is 1. The molecule has 1 N–H and O–H groups in total. The highest BCUT2D eigenvalue weighted by atomic mass is 16.6. The Morgan fingerprint density at radius 3 is 2.46 bits per heavy atom. The highest BCUT2D eigenvalue weighted by Gasteiger charge is 2.26. The standard InChI is InChI=1S/C17H25N5O4/c1-13(23)20-8-10-21(11-9-20)15-5-4-14(12-16(15)22(25)26)17(24)19(3)7-6-18-2/h4-5,12,18H,6-11H2,1-3H3. The molecule has 0 spiro atoms. The van der Waals surface area contributed by atoms with Gasteiger partial charge < -0.3 is 20.0 Å². The van der Waals surface area contributed by atoms with Gasteiger partial charge in [0.15, 0.2) is 0 Å². The second-order valence-corrected chi connectivity index (χ2v) is 6.28. The molecule has 142 valence electrons. The zero-order chi connectivity index (χ0) is 19.3. The molecule has 9 nitrogen and oxygen atoms in total. The molecular weight excluding hydrogens is 338 g/mol. The Kier molecular flexibility index (Phi) is 6.51. The lowest BCUT2D eigenvalue weighted by Crippen LogP contribution is -2.48. The van der Waals surface area contributed by atoms with E-state index in [0.29, 0.717) is 50.5 Å². The second-order valence-electron chi connectivity index (χ2n) is 6.28. The van der Waals surface area contributed by atoms with Crippen LogP contribution in [-0.4, -0.2) is 79.9 Å². The van der Waals surface area contributed by atoms with Gasteiger partial charge in [0.25, 0.3) is 11.6 Å². The van der Waals surface area contributed by atoms with Gasteiger partial charge in [0.05, 0.1) is 4.92 Å². The third kappa shape index (κ3) is 4.48. The summed E-state index contributed by atoms with van der Waals surface area (Å²) >= 11 is 0. The van der Waals surface area contributed by atoms with Gasteiger partial charge in [0.2, 0.25) is 5.91 Å². The summed E-state index contributed by atoms with van der Waals surface area (Å²) in [6.07, 6.45) is 0. The van der Waals surface area contributed by atoms with Gasteiger partial charge >= 0.3 is 0 Å². The lowest BCUT2D eigenvalue weighted by atomic mass is 10.1. The maximum Gasteiger partial charge on any atom is 0.293 e. The minimum Gasteiger partial charge on any atom is -0.362 e. The number of hydrogen-bond acceptors (Lipinski definition) is 6. The molecule has 0 atom stereocenters. The van der Waals surface area contributed by atoms with Gasteiger partial charge in [-0.25, -0.2) is 0 Å². The molecule has 1 heterocycles. The third-order valence-corrected chi connectivity index (χ3v) is 4.53. The van der Waals surface area contributed by atoms with Crippen molar-refractivity contribution >= 4 is 23.2 Å². The fraction of sp³-hybridized carbons (Fsp3) is 0.529. The van der Waals surface area contributed by atoms with Gasteiger partial charge in [0, 0.05) is 64.9 Å². The molecule has 0 radical (unpaired) electrons. The average molecular weight is 363 g/mol. The molecule has 0 aliphatic carbocycles. The first-order valence-electron chi connectivity index (χ1n) is 8.54. The number of nitro benzene ring substituents is 1. The van der Waals surface area contributed by atoms with Crippen molar-refractivity contribution in [1.82, 2.24) is 15.1 Å². The van der Waals surface area contributed by atoms with Gasteiger partial charge in [-0.2, -0.15) is 0 Å². The zero-order valence-electron chi connectivity index (χ0n) is 15.4. The summed E-state index contributed by atoms with van der Waals surface area (Å²) < 4.78 is 0. The van der Waals surface area contributed by atoms with E-state index >= 15 is 0 Å². The number of rotatable bonds is 6. The van der Waals surface area contributed by atoms with Crippen LogP contribution in [0.25, 0.3) is 0 Å². The number of nitrogens with one attached hydrogen (secondary N) is 1.